The number of rotatable bonds is 10. The maximum absolute atomic E-state index is 13.5. The Labute approximate surface area is 305 Å². The lowest BCUT2D eigenvalue weighted by molar-refractivity contribution is -0.151. The van der Waals surface area contributed by atoms with Gasteiger partial charge < -0.3 is 39.5 Å². The smallest absolute Gasteiger partial charge is 0.410 e. The lowest BCUT2D eigenvalue weighted by Crippen LogP contribution is -2.53. The van der Waals surface area contributed by atoms with Gasteiger partial charge in [-0.05, 0) is 64.5 Å². The van der Waals surface area contributed by atoms with Gasteiger partial charge in [0, 0.05) is 50.5 Å². The largest absolute Gasteiger partial charge is 0.457 e. The van der Waals surface area contributed by atoms with E-state index in [1.54, 1.807) is 49.1 Å². The van der Waals surface area contributed by atoms with Gasteiger partial charge in [0.2, 0.25) is 0 Å². The zero-order valence-corrected chi connectivity index (χ0v) is 31.9. The summed E-state index contributed by atoms with van der Waals surface area (Å²) < 4.78 is 17.7. The molecule has 1 aliphatic carbocycles. The van der Waals surface area contributed by atoms with Crippen LogP contribution in [0, 0.1) is 11.8 Å². The number of esters is 1. The average Bonchev–Trinajstić information content (AvgIpc) is 3.89. The molecule has 0 unspecified atom stereocenters. The monoisotopic (exact) mass is 718 g/mol. The molecule has 3 heterocycles. The standard InChI is InChI=1S/C40H66N2O9/c1-7-32(44)29(4)37-33(49-37)26-39(5,47)19-12-13-27(2)36-28(3)16-17-34(40(6,48)20-18-31(43)25-35(45)51-36)50-38(46)42-23-21-41(22-24-42)30-14-10-8-9-11-15-30/h12-13,16-17,19,28-34,36-37,43-44,47-48H,7-11,14-15,18,20-26H2,1-6H3/b17-16?,19-12+,27-13+/t28-,29+,31+,32-,33+,34-,36+,37+,39-,40+/m0/s1. The van der Waals surface area contributed by atoms with Gasteiger partial charge in [0.25, 0.3) is 0 Å². The molecule has 11 heteroatoms. The van der Waals surface area contributed by atoms with Crippen LogP contribution in [0.3, 0.4) is 0 Å². The molecule has 1 amide bonds. The molecule has 11 nitrogen and oxygen atoms in total. The highest BCUT2D eigenvalue weighted by molar-refractivity contribution is 5.70. The Morgan fingerprint density at radius 1 is 1.14 bits per heavy atom. The fourth-order valence-corrected chi connectivity index (χ4v) is 7.88. The van der Waals surface area contributed by atoms with Crippen molar-refractivity contribution in [3.8, 4) is 0 Å². The first-order valence-corrected chi connectivity index (χ1v) is 19.5. The predicted octanol–water partition coefficient (Wildman–Crippen LogP) is 5.05. The molecule has 2 saturated heterocycles. The van der Waals surface area contributed by atoms with Crippen molar-refractivity contribution in [3.63, 3.8) is 0 Å². The van der Waals surface area contributed by atoms with Crippen LogP contribution in [-0.2, 0) is 19.0 Å². The maximum atomic E-state index is 13.5. The van der Waals surface area contributed by atoms with E-state index in [-0.39, 0.29) is 43.3 Å². The molecule has 0 radical (unpaired) electrons. The molecule has 0 spiro atoms. The number of allylic oxidation sites excluding steroid dienone is 2. The van der Waals surface area contributed by atoms with E-state index < -0.39 is 47.7 Å². The van der Waals surface area contributed by atoms with Gasteiger partial charge in [0.15, 0.2) is 6.10 Å². The van der Waals surface area contributed by atoms with Crippen molar-refractivity contribution >= 4 is 12.1 Å². The normalized spacial score (nSPS) is 34.8. The van der Waals surface area contributed by atoms with Gasteiger partial charge >= 0.3 is 12.1 Å². The average molecular weight is 719 g/mol. The van der Waals surface area contributed by atoms with Gasteiger partial charge in [0.1, 0.15) is 11.7 Å². The molecule has 290 valence electrons. The Balaban J connectivity index is 1.42. The van der Waals surface area contributed by atoms with E-state index >= 15 is 0 Å². The quantitative estimate of drug-likeness (QED) is 0.0794. The highest BCUT2D eigenvalue weighted by Gasteiger charge is 2.47. The third kappa shape index (κ3) is 12.4. The van der Waals surface area contributed by atoms with Crippen LogP contribution in [0.25, 0.3) is 0 Å². The molecule has 0 aromatic heterocycles. The topological polar surface area (TPSA) is 153 Å². The van der Waals surface area contributed by atoms with E-state index in [2.05, 4.69) is 4.90 Å². The van der Waals surface area contributed by atoms with Crippen LogP contribution in [0.5, 0.6) is 0 Å². The number of cyclic esters (lactones) is 1. The van der Waals surface area contributed by atoms with E-state index in [9.17, 15) is 30.0 Å². The molecule has 4 rings (SSSR count). The summed E-state index contributed by atoms with van der Waals surface area (Å²) in [5, 5.41) is 43.4. The summed E-state index contributed by atoms with van der Waals surface area (Å²) in [5.74, 6) is -0.935. The van der Waals surface area contributed by atoms with Gasteiger partial charge in [-0.2, -0.15) is 0 Å². The summed E-state index contributed by atoms with van der Waals surface area (Å²) in [6.45, 7) is 13.7. The van der Waals surface area contributed by atoms with Crippen LogP contribution in [0.2, 0.25) is 0 Å². The molecule has 0 bridgehead atoms. The second-order valence-electron chi connectivity index (χ2n) is 16.2. The fraction of sp³-hybridized carbons (Fsp3) is 0.800. The minimum Gasteiger partial charge on any atom is -0.457 e. The number of epoxide rings is 1. The molecule has 51 heavy (non-hydrogen) atoms. The van der Waals surface area contributed by atoms with Crippen LogP contribution in [0.15, 0.2) is 36.0 Å². The van der Waals surface area contributed by atoms with Gasteiger partial charge in [0.05, 0.1) is 36.4 Å². The van der Waals surface area contributed by atoms with Crippen molar-refractivity contribution in [3.05, 3.63) is 36.0 Å². The van der Waals surface area contributed by atoms with Crippen molar-refractivity contribution in [2.24, 2.45) is 11.8 Å². The number of amides is 1. The second kappa shape index (κ2) is 18.7. The summed E-state index contributed by atoms with van der Waals surface area (Å²) in [6.07, 6.45) is 13.4. The van der Waals surface area contributed by atoms with Crippen molar-refractivity contribution in [1.82, 2.24) is 9.80 Å². The zero-order valence-electron chi connectivity index (χ0n) is 31.9. The number of piperazine rings is 1. The first-order valence-electron chi connectivity index (χ1n) is 19.5. The van der Waals surface area contributed by atoms with Crippen molar-refractivity contribution in [2.45, 2.75) is 166 Å². The second-order valence-corrected chi connectivity index (χ2v) is 16.2. The molecule has 4 N–H and O–H groups in total. The molecule has 10 atom stereocenters. The lowest BCUT2D eigenvalue weighted by Gasteiger charge is -2.40. The first kappa shape index (κ1) is 41.5. The molecule has 0 aromatic rings. The Kier molecular flexibility index (Phi) is 15.2. The van der Waals surface area contributed by atoms with Gasteiger partial charge in [-0.15, -0.1) is 0 Å². The van der Waals surface area contributed by atoms with E-state index in [0.29, 0.717) is 37.5 Å². The van der Waals surface area contributed by atoms with Gasteiger partial charge in [-0.3, -0.25) is 9.69 Å². The van der Waals surface area contributed by atoms with Gasteiger partial charge in [-0.1, -0.05) is 70.8 Å². The van der Waals surface area contributed by atoms with E-state index in [1.165, 1.54) is 38.5 Å². The highest BCUT2D eigenvalue weighted by Crippen LogP contribution is 2.37. The van der Waals surface area contributed by atoms with Crippen molar-refractivity contribution < 1.29 is 44.2 Å². The molecular formula is C40H66N2O9. The number of nitrogens with zero attached hydrogens (tertiary/aromatic N) is 2. The Morgan fingerprint density at radius 3 is 2.45 bits per heavy atom. The summed E-state index contributed by atoms with van der Waals surface area (Å²) in [4.78, 5) is 30.6. The van der Waals surface area contributed by atoms with Crippen LogP contribution < -0.4 is 0 Å². The summed E-state index contributed by atoms with van der Waals surface area (Å²) in [7, 11) is 0. The van der Waals surface area contributed by atoms with Crippen LogP contribution in [0.4, 0.5) is 4.79 Å². The summed E-state index contributed by atoms with van der Waals surface area (Å²) in [6, 6.07) is 0.581. The van der Waals surface area contributed by atoms with Crippen LogP contribution in [0.1, 0.15) is 112 Å². The zero-order chi connectivity index (χ0) is 37.3. The van der Waals surface area contributed by atoms with E-state index in [0.717, 1.165) is 13.1 Å². The first-order chi connectivity index (χ1) is 24.1. The molecular weight excluding hydrogens is 652 g/mol. The third-order valence-electron chi connectivity index (χ3n) is 11.5. The molecule has 3 aliphatic heterocycles. The molecule has 0 aromatic carbocycles. The number of carbonyl (C=O) groups excluding carboxylic acids is 2. The Morgan fingerprint density at radius 2 is 1.80 bits per heavy atom. The number of ether oxygens (including phenoxy) is 3. The summed E-state index contributed by atoms with van der Waals surface area (Å²) in [5.41, 5.74) is -1.92. The number of aliphatic hydroxyl groups excluding tert-OH is 2. The van der Waals surface area contributed by atoms with Gasteiger partial charge in [-0.25, -0.2) is 4.79 Å². The third-order valence-corrected chi connectivity index (χ3v) is 11.5. The van der Waals surface area contributed by atoms with Crippen LogP contribution >= 0.6 is 0 Å². The minimum absolute atomic E-state index is 0.0102. The predicted molar refractivity (Wildman–Crippen MR) is 196 cm³/mol. The number of aliphatic hydroxyl groups is 4. The Hall–Kier alpha value is -2.28. The SMILES string of the molecule is CC[C@H](O)[C@@H](C)[C@H]1O[C@@H]1C[C@@](C)(O)/C=C/C=C(\C)[C@H]1OC(=O)C[C@H](O)CC[C@@](C)(O)[C@@H](OC(=O)N2CCN(C3CCCCCC3)CC2)C=C[C@@H]1C. The lowest BCUT2D eigenvalue weighted by atomic mass is 9.88. The maximum Gasteiger partial charge on any atom is 0.410 e. The van der Waals surface area contributed by atoms with E-state index in [4.69, 9.17) is 14.2 Å². The van der Waals surface area contributed by atoms with Crippen LogP contribution in [-0.4, -0.2) is 122 Å². The molecule has 3 fully saturated rings. The minimum atomic E-state index is -1.48. The number of hydrogen-bond donors (Lipinski definition) is 4. The Bertz CT molecular complexity index is 1220. The van der Waals surface area contributed by atoms with E-state index in [1.807, 2.05) is 27.7 Å². The number of carbonyl (C=O) groups is 2. The van der Waals surface area contributed by atoms with Crippen molar-refractivity contribution in [2.75, 3.05) is 26.2 Å². The fourth-order valence-electron chi connectivity index (χ4n) is 7.88. The van der Waals surface area contributed by atoms with Crippen molar-refractivity contribution in [1.29, 1.82) is 0 Å². The number of hydrogen-bond acceptors (Lipinski definition) is 10. The molecule has 1 saturated carbocycles. The summed E-state index contributed by atoms with van der Waals surface area (Å²) >= 11 is 0. The highest BCUT2D eigenvalue weighted by atomic mass is 16.6. The molecule has 4 aliphatic rings.